The lowest BCUT2D eigenvalue weighted by Crippen LogP contribution is -2.62. The monoisotopic (exact) mass is 343 g/mol. The molecule has 0 bridgehead atoms. The molecule has 3 heterocycles. The number of ether oxygens (including phenoxy) is 1. The van der Waals surface area contributed by atoms with E-state index in [1.165, 1.54) is 12.3 Å². The van der Waals surface area contributed by atoms with Crippen LogP contribution in [0.2, 0.25) is 0 Å². The van der Waals surface area contributed by atoms with Crippen molar-refractivity contribution in [2.45, 2.75) is 30.8 Å². The van der Waals surface area contributed by atoms with Gasteiger partial charge in [0.25, 0.3) is 5.56 Å². The van der Waals surface area contributed by atoms with Crippen LogP contribution >= 0.6 is 11.5 Å². The molecule has 124 valence electrons. The molecule has 1 fully saturated rings. The van der Waals surface area contributed by atoms with Crippen molar-refractivity contribution < 1.29 is 30.0 Å². The summed E-state index contributed by atoms with van der Waals surface area (Å²) in [4.78, 5) is 28.6. The van der Waals surface area contributed by atoms with Crippen LogP contribution in [0.5, 0.6) is 0 Å². The Morgan fingerprint density at radius 3 is 2.70 bits per heavy atom. The predicted molar refractivity (Wildman–Crippen MR) is 76.7 cm³/mol. The van der Waals surface area contributed by atoms with Crippen LogP contribution in [0, 0.1) is 0 Å². The molecule has 5 N–H and O–H groups in total. The Labute approximate surface area is 132 Å². The van der Waals surface area contributed by atoms with Crippen molar-refractivity contribution in [1.82, 2.24) is 14.3 Å². The molecular formula is C12H13N3O7S. The molecule has 1 amide bonds. The first-order valence-electron chi connectivity index (χ1n) is 6.56. The Morgan fingerprint density at radius 1 is 1.26 bits per heavy atom. The maximum atomic E-state index is 12.2. The Hall–Kier alpha value is -1.89. The van der Waals surface area contributed by atoms with E-state index in [1.54, 1.807) is 6.07 Å². The Kier molecular flexibility index (Phi) is 4.14. The zero-order chi connectivity index (χ0) is 16.7. The minimum absolute atomic E-state index is 0.258. The average molecular weight is 343 g/mol. The number of aromatic nitrogens is 2. The number of carbonyl (C=O) groups excluding carboxylic acids is 1. The zero-order valence-electron chi connectivity index (χ0n) is 11.4. The van der Waals surface area contributed by atoms with Crippen molar-refractivity contribution in [3.05, 3.63) is 28.7 Å². The lowest BCUT2D eigenvalue weighted by atomic mass is 10.0. The van der Waals surface area contributed by atoms with Crippen LogP contribution < -0.4 is 10.9 Å². The number of nitrogens with zero attached hydrogens (tertiary/aromatic N) is 2. The molecule has 1 unspecified atom stereocenters. The van der Waals surface area contributed by atoms with E-state index >= 15 is 0 Å². The first-order valence-corrected chi connectivity index (χ1v) is 7.33. The summed E-state index contributed by atoms with van der Waals surface area (Å²) in [5, 5.41) is 40.6. The Balaban J connectivity index is 1.83. The SMILES string of the molecule is O=C(N[C@H]1OC(O)[C@H](O)[C@@H](O)[C@H]1O)n1sc2ncccc2c1=O. The van der Waals surface area contributed by atoms with E-state index in [2.05, 4.69) is 10.3 Å². The van der Waals surface area contributed by atoms with E-state index in [1.807, 2.05) is 0 Å². The fourth-order valence-corrected chi connectivity index (χ4v) is 3.01. The van der Waals surface area contributed by atoms with Gasteiger partial charge in [0.15, 0.2) is 12.5 Å². The molecule has 23 heavy (non-hydrogen) atoms. The van der Waals surface area contributed by atoms with Crippen LogP contribution in [0.1, 0.15) is 0 Å². The molecule has 0 aliphatic carbocycles. The van der Waals surface area contributed by atoms with Crippen molar-refractivity contribution in [1.29, 1.82) is 0 Å². The molecule has 0 radical (unpaired) electrons. The number of fused-ring (bicyclic) bond motifs is 1. The molecule has 1 aliphatic heterocycles. The van der Waals surface area contributed by atoms with Crippen molar-refractivity contribution in [2.75, 3.05) is 0 Å². The van der Waals surface area contributed by atoms with Crippen LogP contribution in [0.3, 0.4) is 0 Å². The Bertz CT molecular complexity index is 790. The van der Waals surface area contributed by atoms with Gasteiger partial charge in [0.2, 0.25) is 0 Å². The summed E-state index contributed by atoms with van der Waals surface area (Å²) >= 11 is 0.793. The summed E-state index contributed by atoms with van der Waals surface area (Å²) in [6.45, 7) is 0. The molecule has 1 saturated heterocycles. The van der Waals surface area contributed by atoms with E-state index in [-0.39, 0.29) is 5.39 Å². The third kappa shape index (κ3) is 2.73. The highest BCUT2D eigenvalue weighted by Gasteiger charge is 2.43. The molecule has 2 aromatic heterocycles. The molecule has 0 spiro atoms. The summed E-state index contributed by atoms with van der Waals surface area (Å²) in [5.74, 6) is 0. The summed E-state index contributed by atoms with van der Waals surface area (Å²) < 4.78 is 5.60. The number of carbonyl (C=O) groups is 1. The van der Waals surface area contributed by atoms with Crippen molar-refractivity contribution in [3.8, 4) is 0 Å². The van der Waals surface area contributed by atoms with Gasteiger partial charge >= 0.3 is 6.03 Å². The lowest BCUT2D eigenvalue weighted by molar-refractivity contribution is -0.285. The van der Waals surface area contributed by atoms with Gasteiger partial charge in [-0.2, -0.15) is 3.96 Å². The van der Waals surface area contributed by atoms with Crippen LogP contribution in [0.4, 0.5) is 4.79 Å². The highest BCUT2D eigenvalue weighted by Crippen LogP contribution is 2.19. The number of nitrogens with one attached hydrogen (secondary N) is 1. The molecule has 0 saturated carbocycles. The first kappa shape index (κ1) is 16.0. The average Bonchev–Trinajstić information content (AvgIpc) is 2.88. The van der Waals surface area contributed by atoms with Gasteiger partial charge in [-0.1, -0.05) is 0 Å². The fourth-order valence-electron chi connectivity index (χ4n) is 2.16. The summed E-state index contributed by atoms with van der Waals surface area (Å²) in [7, 11) is 0. The summed E-state index contributed by atoms with van der Waals surface area (Å²) in [6, 6.07) is 2.15. The van der Waals surface area contributed by atoms with Crippen molar-refractivity contribution in [2.24, 2.45) is 0 Å². The number of aliphatic hydroxyl groups excluding tert-OH is 4. The van der Waals surface area contributed by atoms with Crippen molar-refractivity contribution in [3.63, 3.8) is 0 Å². The van der Waals surface area contributed by atoms with E-state index in [0.29, 0.717) is 4.83 Å². The van der Waals surface area contributed by atoms with Gasteiger partial charge in [0.1, 0.15) is 23.1 Å². The fraction of sp³-hybridized carbons (Fsp3) is 0.417. The van der Waals surface area contributed by atoms with E-state index in [4.69, 9.17) is 4.74 Å². The van der Waals surface area contributed by atoms with Crippen LogP contribution in [-0.2, 0) is 4.74 Å². The molecule has 10 nitrogen and oxygen atoms in total. The van der Waals surface area contributed by atoms with E-state index < -0.39 is 42.4 Å². The standard InChI is InChI=1S/C12H13N3O7S/c16-5-6(17)8(22-11(20)7(5)18)14-12(21)15-10(19)4-2-1-3-13-9(4)23-15/h1-3,5-8,11,16-18,20H,(H,14,21)/t5-,6+,7+,8-,11?/m0/s1. The lowest BCUT2D eigenvalue weighted by Gasteiger charge is -2.38. The number of amides is 1. The smallest absolute Gasteiger partial charge is 0.340 e. The highest BCUT2D eigenvalue weighted by atomic mass is 32.1. The molecular weight excluding hydrogens is 330 g/mol. The van der Waals surface area contributed by atoms with Crippen LogP contribution in [0.25, 0.3) is 10.2 Å². The second-order valence-electron chi connectivity index (χ2n) is 4.92. The van der Waals surface area contributed by atoms with Gasteiger partial charge in [-0.25, -0.2) is 9.78 Å². The van der Waals surface area contributed by atoms with Gasteiger partial charge in [-0.05, 0) is 23.7 Å². The van der Waals surface area contributed by atoms with Crippen molar-refractivity contribution >= 4 is 27.8 Å². The molecule has 5 atom stereocenters. The summed E-state index contributed by atoms with van der Waals surface area (Å²) in [6.07, 6.45) is -6.93. The number of hydrogen-bond acceptors (Lipinski definition) is 9. The molecule has 11 heteroatoms. The normalized spacial score (nSPS) is 31.2. The summed E-state index contributed by atoms with van der Waals surface area (Å²) in [5.41, 5.74) is -0.595. The van der Waals surface area contributed by atoms with E-state index in [0.717, 1.165) is 15.5 Å². The van der Waals surface area contributed by atoms with Gasteiger partial charge in [-0.3, -0.25) is 4.79 Å². The maximum absolute atomic E-state index is 12.2. The van der Waals surface area contributed by atoms with Gasteiger partial charge in [0, 0.05) is 6.20 Å². The van der Waals surface area contributed by atoms with Gasteiger partial charge in [-0.15, -0.1) is 0 Å². The second-order valence-corrected chi connectivity index (χ2v) is 5.85. The third-order valence-electron chi connectivity index (χ3n) is 3.40. The van der Waals surface area contributed by atoms with Crippen LogP contribution in [0.15, 0.2) is 23.1 Å². The third-order valence-corrected chi connectivity index (χ3v) is 4.41. The highest BCUT2D eigenvalue weighted by molar-refractivity contribution is 7.14. The molecule has 2 aromatic rings. The maximum Gasteiger partial charge on any atom is 0.340 e. The number of aliphatic hydroxyl groups is 4. The Morgan fingerprint density at radius 2 is 2.00 bits per heavy atom. The number of hydrogen-bond donors (Lipinski definition) is 5. The van der Waals surface area contributed by atoms with E-state index in [9.17, 15) is 30.0 Å². The largest absolute Gasteiger partial charge is 0.387 e. The quantitative estimate of drug-likeness (QED) is 0.390. The minimum atomic E-state index is -1.79. The first-order chi connectivity index (χ1) is 10.9. The number of rotatable bonds is 1. The molecule has 1 aliphatic rings. The van der Waals surface area contributed by atoms with Crippen LogP contribution in [-0.4, -0.2) is 66.2 Å². The number of pyridine rings is 1. The minimum Gasteiger partial charge on any atom is -0.387 e. The zero-order valence-corrected chi connectivity index (χ0v) is 12.3. The van der Waals surface area contributed by atoms with Gasteiger partial charge < -0.3 is 30.5 Å². The topological polar surface area (TPSA) is 154 Å². The molecule has 0 aromatic carbocycles. The predicted octanol–water partition coefficient (Wildman–Crippen LogP) is -2.23. The molecule has 3 rings (SSSR count). The second kappa shape index (κ2) is 5.96. The van der Waals surface area contributed by atoms with Gasteiger partial charge in [0.05, 0.1) is 5.39 Å².